The summed E-state index contributed by atoms with van der Waals surface area (Å²) in [6.07, 6.45) is 9.19. The molecule has 1 unspecified atom stereocenters. The van der Waals surface area contributed by atoms with Crippen LogP contribution in [-0.4, -0.2) is 0 Å². The van der Waals surface area contributed by atoms with Crippen molar-refractivity contribution < 1.29 is 0 Å². The van der Waals surface area contributed by atoms with Gasteiger partial charge in [-0.15, -0.1) is 0 Å². The molecule has 1 heteroatoms. The van der Waals surface area contributed by atoms with Gasteiger partial charge in [0.2, 0.25) is 0 Å². The summed E-state index contributed by atoms with van der Waals surface area (Å²) in [5, 5.41) is 0. The zero-order chi connectivity index (χ0) is 6.97. The van der Waals surface area contributed by atoms with Gasteiger partial charge in [-0.1, -0.05) is 17.2 Å². The highest BCUT2D eigenvalue weighted by molar-refractivity contribution is 5.26. The summed E-state index contributed by atoms with van der Waals surface area (Å²) in [5.74, 6) is 0.878. The summed E-state index contributed by atoms with van der Waals surface area (Å²) in [7, 11) is 0. The highest BCUT2D eigenvalue weighted by Crippen LogP contribution is 2.41. The lowest BCUT2D eigenvalue weighted by atomic mass is 9.73. The molecule has 0 aromatic carbocycles. The van der Waals surface area contributed by atoms with Crippen molar-refractivity contribution in [2.45, 2.75) is 25.7 Å². The van der Waals surface area contributed by atoms with E-state index in [2.05, 4.69) is 6.08 Å². The van der Waals surface area contributed by atoms with Crippen molar-refractivity contribution in [3.8, 4) is 0 Å². The maximum absolute atomic E-state index is 5.45. The molecule has 0 saturated heterocycles. The van der Waals surface area contributed by atoms with Gasteiger partial charge in [0.15, 0.2) is 0 Å². The van der Waals surface area contributed by atoms with Gasteiger partial charge < -0.3 is 5.73 Å². The van der Waals surface area contributed by atoms with E-state index in [1.165, 1.54) is 31.3 Å². The summed E-state index contributed by atoms with van der Waals surface area (Å²) in [4.78, 5) is 0. The van der Waals surface area contributed by atoms with Crippen LogP contribution in [-0.2, 0) is 0 Å². The molecule has 0 aromatic heterocycles. The van der Waals surface area contributed by atoms with Crippen molar-refractivity contribution in [1.29, 1.82) is 0 Å². The van der Waals surface area contributed by atoms with E-state index in [0.29, 0.717) is 0 Å². The molecular formula is C9H13N. The first-order chi connectivity index (χ1) is 4.90. The van der Waals surface area contributed by atoms with Gasteiger partial charge in [-0.25, -0.2) is 0 Å². The molecule has 1 atom stereocenters. The third kappa shape index (κ3) is 0.772. The van der Waals surface area contributed by atoms with Gasteiger partial charge in [-0.3, -0.25) is 0 Å². The van der Waals surface area contributed by atoms with Crippen molar-refractivity contribution in [3.63, 3.8) is 0 Å². The first-order valence-electron chi connectivity index (χ1n) is 3.98. The Hall–Kier alpha value is -0.720. The molecule has 1 fully saturated rings. The molecule has 0 heterocycles. The third-order valence-corrected chi connectivity index (χ3v) is 2.67. The molecule has 0 spiro atoms. The fraction of sp³-hybridized carbons (Fsp3) is 0.556. The van der Waals surface area contributed by atoms with Crippen LogP contribution in [0.1, 0.15) is 25.7 Å². The molecule has 0 aliphatic heterocycles. The molecule has 0 amide bonds. The summed E-state index contributed by atoms with van der Waals surface area (Å²) in [6, 6.07) is 0. The Morgan fingerprint density at radius 3 is 2.90 bits per heavy atom. The van der Waals surface area contributed by atoms with Crippen molar-refractivity contribution in [3.05, 3.63) is 23.4 Å². The van der Waals surface area contributed by atoms with Gasteiger partial charge in [0.05, 0.1) is 0 Å². The highest BCUT2D eigenvalue weighted by Gasteiger charge is 2.25. The number of nitrogens with two attached hydrogens (primary N) is 1. The van der Waals surface area contributed by atoms with E-state index in [9.17, 15) is 0 Å². The van der Waals surface area contributed by atoms with Crippen molar-refractivity contribution in [2.24, 2.45) is 11.7 Å². The molecule has 2 N–H and O–H groups in total. The zero-order valence-corrected chi connectivity index (χ0v) is 6.14. The lowest BCUT2D eigenvalue weighted by Gasteiger charge is -2.33. The molecule has 2 aliphatic carbocycles. The molecule has 2 rings (SSSR count). The van der Waals surface area contributed by atoms with E-state index in [-0.39, 0.29) is 0 Å². The standard InChI is InChI=1S/C9H13N/c10-6-7-1-2-8-3-4-9(8)5-7/h3,6,9H,1-2,4-5,10H2/b7-6-. The first kappa shape index (κ1) is 6.02. The van der Waals surface area contributed by atoms with E-state index in [1.54, 1.807) is 11.8 Å². The number of rotatable bonds is 0. The minimum absolute atomic E-state index is 0.878. The maximum Gasteiger partial charge on any atom is -0.00701 e. The molecule has 2 aliphatic rings. The molecule has 54 valence electrons. The monoisotopic (exact) mass is 135 g/mol. The Balaban J connectivity index is 2.08. The Kier molecular flexibility index (Phi) is 1.30. The predicted octanol–water partition coefficient (Wildman–Crippen LogP) is 1.96. The van der Waals surface area contributed by atoms with Crippen molar-refractivity contribution >= 4 is 0 Å². The summed E-state index contributed by atoms with van der Waals surface area (Å²) in [5.41, 5.74) is 8.60. The number of fused-ring (bicyclic) bond motifs is 1. The van der Waals surface area contributed by atoms with E-state index in [0.717, 1.165) is 5.92 Å². The quantitative estimate of drug-likeness (QED) is 0.505. The van der Waals surface area contributed by atoms with Crippen LogP contribution in [0.25, 0.3) is 0 Å². The van der Waals surface area contributed by atoms with E-state index in [4.69, 9.17) is 5.73 Å². The van der Waals surface area contributed by atoms with Crippen LogP contribution in [0.3, 0.4) is 0 Å². The second-order valence-corrected chi connectivity index (χ2v) is 3.24. The smallest absolute Gasteiger partial charge is 0.00701 e. The van der Waals surface area contributed by atoms with Crippen molar-refractivity contribution in [2.75, 3.05) is 0 Å². The third-order valence-electron chi connectivity index (χ3n) is 2.67. The van der Waals surface area contributed by atoms with Crippen LogP contribution in [0.5, 0.6) is 0 Å². The Morgan fingerprint density at radius 1 is 1.50 bits per heavy atom. The Morgan fingerprint density at radius 2 is 2.40 bits per heavy atom. The minimum atomic E-state index is 0.878. The molecule has 1 saturated carbocycles. The zero-order valence-electron chi connectivity index (χ0n) is 6.14. The van der Waals surface area contributed by atoms with Crippen LogP contribution < -0.4 is 5.73 Å². The molecule has 0 bridgehead atoms. The fourth-order valence-corrected chi connectivity index (χ4v) is 1.85. The molecule has 0 aromatic rings. The second kappa shape index (κ2) is 2.15. The van der Waals surface area contributed by atoms with Crippen LogP contribution in [0.2, 0.25) is 0 Å². The fourth-order valence-electron chi connectivity index (χ4n) is 1.85. The number of hydrogen-bond donors (Lipinski definition) is 1. The Labute approximate surface area is 61.6 Å². The van der Waals surface area contributed by atoms with Crippen LogP contribution >= 0.6 is 0 Å². The minimum Gasteiger partial charge on any atom is -0.405 e. The van der Waals surface area contributed by atoms with Gasteiger partial charge in [0, 0.05) is 0 Å². The Bertz CT molecular complexity index is 201. The average Bonchev–Trinajstić information content (AvgIpc) is 1.92. The summed E-state index contributed by atoms with van der Waals surface area (Å²) < 4.78 is 0. The molecular weight excluding hydrogens is 122 g/mol. The normalized spacial score (nSPS) is 34.6. The van der Waals surface area contributed by atoms with Crippen LogP contribution in [0, 0.1) is 5.92 Å². The first-order valence-corrected chi connectivity index (χ1v) is 3.98. The van der Waals surface area contributed by atoms with Gasteiger partial charge in [0.1, 0.15) is 0 Å². The van der Waals surface area contributed by atoms with E-state index in [1.807, 2.05) is 0 Å². The second-order valence-electron chi connectivity index (χ2n) is 3.24. The van der Waals surface area contributed by atoms with E-state index >= 15 is 0 Å². The molecule has 0 radical (unpaired) electrons. The lowest BCUT2D eigenvalue weighted by Crippen LogP contribution is -2.18. The summed E-state index contributed by atoms with van der Waals surface area (Å²) in [6.45, 7) is 0. The van der Waals surface area contributed by atoms with Crippen LogP contribution in [0.4, 0.5) is 0 Å². The lowest BCUT2D eigenvalue weighted by molar-refractivity contribution is 0.483. The average molecular weight is 135 g/mol. The number of allylic oxidation sites excluding steroid dienone is 3. The molecule has 10 heavy (non-hydrogen) atoms. The van der Waals surface area contributed by atoms with Crippen LogP contribution in [0.15, 0.2) is 23.4 Å². The number of hydrogen-bond acceptors (Lipinski definition) is 1. The largest absolute Gasteiger partial charge is 0.405 e. The van der Waals surface area contributed by atoms with Crippen molar-refractivity contribution in [1.82, 2.24) is 0 Å². The van der Waals surface area contributed by atoms with Gasteiger partial charge in [-0.05, 0) is 37.8 Å². The van der Waals surface area contributed by atoms with Gasteiger partial charge in [-0.2, -0.15) is 0 Å². The highest BCUT2D eigenvalue weighted by atomic mass is 14.5. The molecule has 1 nitrogen and oxygen atoms in total. The summed E-state index contributed by atoms with van der Waals surface area (Å²) >= 11 is 0. The van der Waals surface area contributed by atoms with E-state index < -0.39 is 0 Å². The predicted molar refractivity (Wildman–Crippen MR) is 42.3 cm³/mol. The topological polar surface area (TPSA) is 26.0 Å². The van der Waals surface area contributed by atoms with Gasteiger partial charge >= 0.3 is 0 Å². The van der Waals surface area contributed by atoms with Gasteiger partial charge in [0.25, 0.3) is 0 Å². The maximum atomic E-state index is 5.45. The SMILES string of the molecule is N/C=C1/CCC2=CCC2C1.